The Balaban J connectivity index is 2.20. The molecule has 130 valence electrons. The lowest BCUT2D eigenvalue weighted by atomic mass is 10.1. The van der Waals surface area contributed by atoms with Crippen molar-refractivity contribution in [3.05, 3.63) is 57.0 Å². The third-order valence-corrected chi connectivity index (χ3v) is 4.49. The maximum atomic E-state index is 6.08. The first-order chi connectivity index (χ1) is 11.5. The van der Waals surface area contributed by atoms with Gasteiger partial charge in [-0.15, -0.1) is 0 Å². The fourth-order valence-electron chi connectivity index (χ4n) is 2.33. The molecule has 0 saturated heterocycles. The Morgan fingerprint density at radius 2 is 2.00 bits per heavy atom. The van der Waals surface area contributed by atoms with Crippen LogP contribution in [0.3, 0.4) is 0 Å². The molecule has 0 aliphatic carbocycles. The van der Waals surface area contributed by atoms with Crippen molar-refractivity contribution in [1.82, 2.24) is 5.32 Å². The van der Waals surface area contributed by atoms with Crippen LogP contribution in [0, 0.1) is 5.92 Å². The maximum Gasteiger partial charge on any atom is 0.167 e. The zero-order chi connectivity index (χ0) is 17.5. The molecule has 5 heteroatoms. The van der Waals surface area contributed by atoms with Crippen LogP contribution in [0.2, 0.25) is 5.02 Å². The normalized spacial score (nSPS) is 10.9. The van der Waals surface area contributed by atoms with Gasteiger partial charge in [-0.05, 0) is 42.3 Å². The highest BCUT2D eigenvalue weighted by Crippen LogP contribution is 2.36. The molecular formula is C19H23BrClNO2. The van der Waals surface area contributed by atoms with Gasteiger partial charge in [0.1, 0.15) is 6.61 Å². The summed E-state index contributed by atoms with van der Waals surface area (Å²) in [5.41, 5.74) is 2.07. The second-order valence-corrected chi connectivity index (χ2v) is 7.29. The summed E-state index contributed by atoms with van der Waals surface area (Å²) in [5, 5.41) is 4.16. The highest BCUT2D eigenvalue weighted by Gasteiger charge is 2.15. The van der Waals surface area contributed by atoms with Gasteiger partial charge in [-0.25, -0.2) is 0 Å². The number of methoxy groups -OCH3 is 1. The minimum absolute atomic E-state index is 0.435. The number of nitrogens with one attached hydrogen (secondary N) is 1. The van der Waals surface area contributed by atoms with E-state index in [2.05, 4.69) is 35.1 Å². The first-order valence-electron chi connectivity index (χ1n) is 7.94. The van der Waals surface area contributed by atoms with Crippen LogP contribution >= 0.6 is 27.5 Å². The van der Waals surface area contributed by atoms with Crippen LogP contribution < -0.4 is 14.8 Å². The second kappa shape index (κ2) is 9.30. The molecule has 0 aliphatic rings. The van der Waals surface area contributed by atoms with Gasteiger partial charge in [0.15, 0.2) is 11.5 Å². The van der Waals surface area contributed by atoms with Crippen molar-refractivity contribution in [3.8, 4) is 11.5 Å². The van der Waals surface area contributed by atoms with Crippen molar-refractivity contribution < 1.29 is 9.47 Å². The number of halogens is 2. The summed E-state index contributed by atoms with van der Waals surface area (Å²) < 4.78 is 12.6. The number of hydrogen-bond acceptors (Lipinski definition) is 3. The number of rotatable bonds is 8. The quantitative estimate of drug-likeness (QED) is 0.626. The summed E-state index contributed by atoms with van der Waals surface area (Å²) in [6.07, 6.45) is 0. The molecule has 0 fully saturated rings. The summed E-state index contributed by atoms with van der Waals surface area (Å²) in [7, 11) is 1.65. The molecule has 2 aromatic carbocycles. The molecule has 0 bridgehead atoms. The van der Waals surface area contributed by atoms with E-state index in [-0.39, 0.29) is 0 Å². The Labute approximate surface area is 157 Å². The maximum absolute atomic E-state index is 6.08. The van der Waals surface area contributed by atoms with Crippen molar-refractivity contribution in [2.75, 3.05) is 13.7 Å². The van der Waals surface area contributed by atoms with Gasteiger partial charge in [0.25, 0.3) is 0 Å². The molecule has 0 spiro atoms. The second-order valence-electron chi connectivity index (χ2n) is 6.00. The molecule has 0 aliphatic heterocycles. The van der Waals surface area contributed by atoms with E-state index in [0.29, 0.717) is 24.1 Å². The molecule has 0 amide bonds. The zero-order valence-electron chi connectivity index (χ0n) is 14.2. The monoisotopic (exact) mass is 411 g/mol. The predicted molar refractivity (Wildman–Crippen MR) is 103 cm³/mol. The molecule has 0 heterocycles. The van der Waals surface area contributed by atoms with E-state index in [1.54, 1.807) is 7.11 Å². The molecule has 0 radical (unpaired) electrons. The summed E-state index contributed by atoms with van der Waals surface area (Å²) in [5.74, 6) is 2.06. The molecule has 0 saturated carbocycles. The first-order valence-corrected chi connectivity index (χ1v) is 9.11. The van der Waals surface area contributed by atoms with E-state index < -0.39 is 0 Å². The van der Waals surface area contributed by atoms with Gasteiger partial charge in [-0.2, -0.15) is 0 Å². The van der Waals surface area contributed by atoms with E-state index in [1.807, 2.05) is 36.4 Å². The topological polar surface area (TPSA) is 30.5 Å². The standard InChI is InChI=1S/C19H23BrClNO2/c1-13(2)10-22-11-16-17(20)7-8-18(23-3)19(16)24-12-14-5-4-6-15(21)9-14/h4-9,13,22H,10-12H2,1-3H3. The Bertz CT molecular complexity index is 676. The zero-order valence-corrected chi connectivity index (χ0v) is 16.6. The molecule has 2 rings (SSSR count). The van der Waals surface area contributed by atoms with Crippen molar-refractivity contribution in [2.24, 2.45) is 5.92 Å². The lowest BCUT2D eigenvalue weighted by Gasteiger charge is -2.18. The van der Waals surface area contributed by atoms with Gasteiger partial charge >= 0.3 is 0 Å². The Morgan fingerprint density at radius 1 is 1.21 bits per heavy atom. The predicted octanol–water partition coefficient (Wildman–Crippen LogP) is 5.44. The highest BCUT2D eigenvalue weighted by atomic mass is 79.9. The van der Waals surface area contributed by atoms with Gasteiger partial charge in [-0.1, -0.05) is 53.5 Å². The minimum Gasteiger partial charge on any atom is -0.493 e. The minimum atomic E-state index is 0.435. The molecule has 2 aromatic rings. The summed E-state index contributed by atoms with van der Waals surface area (Å²) in [4.78, 5) is 0. The van der Waals surface area contributed by atoms with Crippen molar-refractivity contribution in [3.63, 3.8) is 0 Å². The molecule has 24 heavy (non-hydrogen) atoms. The van der Waals surface area contributed by atoms with Crippen molar-refractivity contribution in [1.29, 1.82) is 0 Å². The van der Waals surface area contributed by atoms with E-state index in [9.17, 15) is 0 Å². The van der Waals surface area contributed by atoms with Crippen molar-refractivity contribution >= 4 is 27.5 Å². The lowest BCUT2D eigenvalue weighted by Crippen LogP contribution is -2.20. The van der Waals surface area contributed by atoms with Crippen LogP contribution in [-0.2, 0) is 13.2 Å². The lowest BCUT2D eigenvalue weighted by molar-refractivity contribution is 0.280. The summed E-state index contributed by atoms with van der Waals surface area (Å²) >= 11 is 9.66. The van der Waals surface area contributed by atoms with E-state index in [1.165, 1.54) is 0 Å². The molecule has 0 aromatic heterocycles. The van der Waals surface area contributed by atoms with Crippen LogP contribution in [0.1, 0.15) is 25.0 Å². The third kappa shape index (κ3) is 5.40. The number of hydrogen-bond donors (Lipinski definition) is 1. The summed E-state index contributed by atoms with van der Waals surface area (Å²) in [6.45, 7) is 6.46. The largest absolute Gasteiger partial charge is 0.493 e. The Hall–Kier alpha value is -1.23. The van der Waals surface area contributed by atoms with Crippen LogP contribution in [0.25, 0.3) is 0 Å². The number of benzene rings is 2. The number of ether oxygens (including phenoxy) is 2. The summed E-state index contributed by atoms with van der Waals surface area (Å²) in [6, 6.07) is 11.6. The van der Waals surface area contributed by atoms with Gasteiger partial charge in [0.05, 0.1) is 7.11 Å². The Kier molecular flexibility index (Phi) is 7.40. The van der Waals surface area contributed by atoms with E-state index in [4.69, 9.17) is 21.1 Å². The van der Waals surface area contributed by atoms with Gasteiger partial charge in [0, 0.05) is 21.6 Å². The van der Waals surface area contributed by atoms with Crippen LogP contribution in [0.5, 0.6) is 11.5 Å². The highest BCUT2D eigenvalue weighted by molar-refractivity contribution is 9.10. The fraction of sp³-hybridized carbons (Fsp3) is 0.368. The van der Waals surface area contributed by atoms with E-state index in [0.717, 1.165) is 33.6 Å². The Morgan fingerprint density at radius 3 is 2.67 bits per heavy atom. The van der Waals surface area contributed by atoms with Gasteiger partial charge in [0.2, 0.25) is 0 Å². The SMILES string of the molecule is COc1ccc(Br)c(CNCC(C)C)c1OCc1cccc(Cl)c1. The molecular weight excluding hydrogens is 390 g/mol. The molecule has 1 N–H and O–H groups in total. The third-order valence-electron chi connectivity index (χ3n) is 3.51. The van der Waals surface area contributed by atoms with Gasteiger partial charge < -0.3 is 14.8 Å². The molecule has 3 nitrogen and oxygen atoms in total. The molecule has 0 atom stereocenters. The van der Waals surface area contributed by atoms with Crippen molar-refractivity contribution in [2.45, 2.75) is 27.0 Å². The molecule has 0 unspecified atom stereocenters. The van der Waals surface area contributed by atoms with Crippen LogP contribution in [0.4, 0.5) is 0 Å². The fourth-order valence-corrected chi connectivity index (χ4v) is 3.00. The van der Waals surface area contributed by atoms with E-state index >= 15 is 0 Å². The van der Waals surface area contributed by atoms with Gasteiger partial charge in [-0.3, -0.25) is 0 Å². The average Bonchev–Trinajstić information content (AvgIpc) is 2.54. The first kappa shape index (κ1) is 19.1. The van der Waals surface area contributed by atoms with Crippen LogP contribution in [0.15, 0.2) is 40.9 Å². The smallest absolute Gasteiger partial charge is 0.167 e. The van der Waals surface area contributed by atoms with Crippen LogP contribution in [-0.4, -0.2) is 13.7 Å². The average molecular weight is 413 g/mol.